The molecule has 0 saturated carbocycles. The molecular weight excluding hydrogens is 1150 g/mol. The highest BCUT2D eigenvalue weighted by molar-refractivity contribution is 5.76. The summed E-state index contributed by atoms with van der Waals surface area (Å²) in [6.07, 6.45) is 62.5. The van der Waals surface area contributed by atoms with Crippen molar-refractivity contribution in [2.24, 2.45) is 0 Å². The standard InChI is InChI=1S/C77H147NO13/c1-3-5-7-9-11-13-15-17-19-21-23-25-27-29-31-32-33-34-35-37-39-41-43-45-47-49-51-53-55-57-59-61-69(82)78-65(64-88-76-74(87)72(85)75(68(63-80)90-76)91-77-73(86)71(84)70(83)67(62-79)89-77)66(81)60-58-56-54-52-50-48-46-44-42-40-38-36-30-28-26-24-22-20-18-16-14-12-10-8-6-4-2/h21,23,58,60,65-68,70-77,79-81,83-87H,3-20,22,24-57,59,61-64H2,1-2H3,(H,78,82)/b23-21-,60-58+. The van der Waals surface area contributed by atoms with Gasteiger partial charge in [-0.25, -0.2) is 0 Å². The van der Waals surface area contributed by atoms with Gasteiger partial charge in [0.1, 0.15) is 48.8 Å². The lowest BCUT2D eigenvalue weighted by Crippen LogP contribution is -2.65. The molecule has 538 valence electrons. The summed E-state index contributed by atoms with van der Waals surface area (Å²) in [6.45, 7) is 2.87. The Hall–Kier alpha value is -1.53. The van der Waals surface area contributed by atoms with E-state index in [1.54, 1.807) is 6.08 Å². The van der Waals surface area contributed by atoms with Crippen molar-refractivity contribution in [3.05, 3.63) is 24.3 Å². The fourth-order valence-electron chi connectivity index (χ4n) is 13.2. The maximum Gasteiger partial charge on any atom is 0.220 e. The molecule has 2 saturated heterocycles. The first-order valence-corrected chi connectivity index (χ1v) is 39.1. The molecule has 9 N–H and O–H groups in total. The van der Waals surface area contributed by atoms with Crippen molar-refractivity contribution >= 4 is 5.91 Å². The van der Waals surface area contributed by atoms with E-state index in [-0.39, 0.29) is 18.9 Å². The third-order valence-electron chi connectivity index (χ3n) is 19.4. The second-order valence-electron chi connectivity index (χ2n) is 27.8. The lowest BCUT2D eigenvalue weighted by atomic mass is 9.97. The minimum atomic E-state index is -1.79. The van der Waals surface area contributed by atoms with Crippen LogP contribution in [-0.4, -0.2) is 140 Å². The molecule has 0 aliphatic carbocycles. The minimum Gasteiger partial charge on any atom is -0.394 e. The van der Waals surface area contributed by atoms with Gasteiger partial charge in [-0.15, -0.1) is 0 Å². The molecule has 12 atom stereocenters. The molecule has 2 heterocycles. The number of allylic oxidation sites excluding steroid dienone is 3. The molecule has 0 spiro atoms. The van der Waals surface area contributed by atoms with Gasteiger partial charge in [0.2, 0.25) is 5.91 Å². The first-order valence-electron chi connectivity index (χ1n) is 39.1. The molecular formula is C77H147NO13. The Labute approximate surface area is 558 Å². The summed E-state index contributed by atoms with van der Waals surface area (Å²) in [4.78, 5) is 13.4. The third-order valence-corrected chi connectivity index (χ3v) is 19.4. The summed E-state index contributed by atoms with van der Waals surface area (Å²) in [5.41, 5.74) is 0. The summed E-state index contributed by atoms with van der Waals surface area (Å²) in [5.74, 6) is -0.231. The molecule has 14 heteroatoms. The average Bonchev–Trinajstić information content (AvgIpc) is 1.25. The summed E-state index contributed by atoms with van der Waals surface area (Å²) in [6, 6.07) is -0.914. The molecule has 0 aromatic carbocycles. The van der Waals surface area contributed by atoms with Crippen molar-refractivity contribution in [3.8, 4) is 0 Å². The minimum absolute atomic E-state index is 0.231. The molecule has 2 fully saturated rings. The van der Waals surface area contributed by atoms with Crippen LogP contribution in [0.2, 0.25) is 0 Å². The van der Waals surface area contributed by atoms with E-state index in [9.17, 15) is 45.6 Å². The molecule has 0 radical (unpaired) electrons. The van der Waals surface area contributed by atoms with E-state index in [0.717, 1.165) is 38.5 Å². The van der Waals surface area contributed by atoms with Crippen LogP contribution in [0, 0.1) is 0 Å². The predicted octanol–water partition coefficient (Wildman–Crippen LogP) is 17.1. The Kier molecular flexibility index (Phi) is 58.3. The van der Waals surface area contributed by atoms with E-state index in [4.69, 9.17) is 18.9 Å². The Balaban J connectivity index is 1.63. The van der Waals surface area contributed by atoms with Crippen molar-refractivity contribution in [2.45, 2.75) is 441 Å². The van der Waals surface area contributed by atoms with Crippen LogP contribution in [0.4, 0.5) is 0 Å². The number of rotatable bonds is 66. The van der Waals surface area contributed by atoms with Crippen molar-refractivity contribution in [1.82, 2.24) is 5.32 Å². The second-order valence-corrected chi connectivity index (χ2v) is 27.8. The molecule has 0 bridgehead atoms. The molecule has 2 aliphatic heterocycles. The zero-order valence-corrected chi connectivity index (χ0v) is 58.9. The number of aliphatic hydroxyl groups is 8. The maximum absolute atomic E-state index is 13.4. The van der Waals surface area contributed by atoms with E-state index >= 15 is 0 Å². The number of hydrogen-bond donors (Lipinski definition) is 9. The van der Waals surface area contributed by atoms with Crippen LogP contribution < -0.4 is 5.32 Å². The fraction of sp³-hybridized carbons (Fsp3) is 0.935. The molecule has 91 heavy (non-hydrogen) atoms. The first-order chi connectivity index (χ1) is 44.6. The van der Waals surface area contributed by atoms with Gasteiger partial charge in [-0.05, 0) is 44.9 Å². The van der Waals surface area contributed by atoms with E-state index in [1.807, 2.05) is 6.08 Å². The van der Waals surface area contributed by atoms with Crippen molar-refractivity contribution < 1.29 is 64.6 Å². The number of ether oxygens (including phenoxy) is 4. The SMILES string of the molecule is CCCCCCCCCC/C=C\CCCCCCCCCCCCCCCCCCCCCC(=O)NC(COC1OC(CO)C(OC2OC(CO)C(O)C(O)C2O)C(O)C1O)C(O)/C=C/CCCCCCCCCCCCCCCCCCCCCCCCCC. The number of amides is 1. The zero-order chi connectivity index (χ0) is 65.9. The van der Waals surface area contributed by atoms with Crippen molar-refractivity contribution in [1.29, 1.82) is 0 Å². The fourth-order valence-corrected chi connectivity index (χ4v) is 13.2. The molecule has 14 nitrogen and oxygen atoms in total. The van der Waals surface area contributed by atoms with Gasteiger partial charge in [0.05, 0.1) is 32.0 Å². The Morgan fingerprint density at radius 1 is 0.385 bits per heavy atom. The maximum atomic E-state index is 13.4. The van der Waals surface area contributed by atoms with Gasteiger partial charge in [0.15, 0.2) is 12.6 Å². The molecule has 0 aromatic rings. The van der Waals surface area contributed by atoms with E-state index in [1.165, 1.54) is 302 Å². The van der Waals surface area contributed by atoms with Crippen LogP contribution in [-0.2, 0) is 23.7 Å². The Morgan fingerprint density at radius 2 is 0.692 bits per heavy atom. The highest BCUT2D eigenvalue weighted by Crippen LogP contribution is 2.30. The van der Waals surface area contributed by atoms with Crippen LogP contribution >= 0.6 is 0 Å². The van der Waals surface area contributed by atoms with Crippen LogP contribution in [0.1, 0.15) is 367 Å². The quantitative estimate of drug-likeness (QED) is 0.0204. The lowest BCUT2D eigenvalue weighted by molar-refractivity contribution is -0.359. The van der Waals surface area contributed by atoms with Gasteiger partial charge in [0.25, 0.3) is 0 Å². The number of nitrogens with one attached hydrogen (secondary N) is 1. The number of carbonyl (C=O) groups is 1. The van der Waals surface area contributed by atoms with Gasteiger partial charge in [0, 0.05) is 6.42 Å². The number of carbonyl (C=O) groups excluding carboxylic acids is 1. The van der Waals surface area contributed by atoms with Crippen molar-refractivity contribution in [3.63, 3.8) is 0 Å². The first kappa shape index (κ1) is 85.6. The normalized spacial score (nSPS) is 22.8. The van der Waals surface area contributed by atoms with Gasteiger partial charge < -0.3 is 65.1 Å². The van der Waals surface area contributed by atoms with Crippen LogP contribution in [0.3, 0.4) is 0 Å². The second kappa shape index (κ2) is 62.0. The summed E-state index contributed by atoms with van der Waals surface area (Å²) in [7, 11) is 0. The zero-order valence-electron chi connectivity index (χ0n) is 58.9. The largest absolute Gasteiger partial charge is 0.394 e. The number of unbranched alkanes of at least 4 members (excludes halogenated alkanes) is 51. The van der Waals surface area contributed by atoms with Crippen LogP contribution in [0.15, 0.2) is 24.3 Å². The Morgan fingerprint density at radius 3 is 1.04 bits per heavy atom. The van der Waals surface area contributed by atoms with Gasteiger partial charge in [-0.2, -0.15) is 0 Å². The predicted molar refractivity (Wildman–Crippen MR) is 374 cm³/mol. The summed E-state index contributed by atoms with van der Waals surface area (Å²) in [5, 5.41) is 87.6. The highest BCUT2D eigenvalue weighted by Gasteiger charge is 2.51. The highest BCUT2D eigenvalue weighted by atomic mass is 16.7. The molecule has 0 aromatic heterocycles. The Bertz CT molecular complexity index is 1620. The summed E-state index contributed by atoms with van der Waals surface area (Å²) >= 11 is 0. The molecule has 2 rings (SSSR count). The van der Waals surface area contributed by atoms with Gasteiger partial charge in [-0.1, -0.05) is 340 Å². The smallest absolute Gasteiger partial charge is 0.220 e. The van der Waals surface area contributed by atoms with Gasteiger partial charge >= 0.3 is 0 Å². The molecule has 2 aliphatic rings. The third kappa shape index (κ3) is 45.6. The van der Waals surface area contributed by atoms with Crippen LogP contribution in [0.25, 0.3) is 0 Å². The lowest BCUT2D eigenvalue weighted by Gasteiger charge is -2.46. The average molecular weight is 1300 g/mol. The van der Waals surface area contributed by atoms with E-state index in [2.05, 4.69) is 31.3 Å². The molecule has 1 amide bonds. The summed E-state index contributed by atoms with van der Waals surface area (Å²) < 4.78 is 22.9. The molecule has 12 unspecified atom stereocenters. The van der Waals surface area contributed by atoms with Crippen molar-refractivity contribution in [2.75, 3.05) is 19.8 Å². The van der Waals surface area contributed by atoms with E-state index in [0.29, 0.717) is 6.42 Å². The number of aliphatic hydroxyl groups excluding tert-OH is 8. The van der Waals surface area contributed by atoms with E-state index < -0.39 is 86.8 Å². The monoisotopic (exact) mass is 1290 g/mol. The topological polar surface area (TPSA) is 228 Å². The van der Waals surface area contributed by atoms with Gasteiger partial charge in [-0.3, -0.25) is 4.79 Å². The van der Waals surface area contributed by atoms with Crippen LogP contribution in [0.5, 0.6) is 0 Å². The number of hydrogen-bond acceptors (Lipinski definition) is 13.